The Labute approximate surface area is 90.1 Å². The van der Waals surface area contributed by atoms with Crippen LogP contribution >= 0.6 is 27.5 Å². The van der Waals surface area contributed by atoms with E-state index in [1.807, 2.05) is 0 Å². The van der Waals surface area contributed by atoms with Crippen LogP contribution < -0.4 is 5.14 Å². The molecule has 2 N–H and O–H groups in total. The number of sulfonamides is 1. The Bertz CT molecular complexity index is 419. The molecule has 0 amide bonds. The lowest BCUT2D eigenvalue weighted by Gasteiger charge is -2.02. The highest BCUT2D eigenvalue weighted by molar-refractivity contribution is 9.10. The molecular weight excluding hydrogens is 278 g/mol. The highest BCUT2D eigenvalue weighted by Crippen LogP contribution is 2.22. The monoisotopic (exact) mass is 283 g/mol. The Hall–Kier alpha value is -0.100. The molecule has 0 saturated carbocycles. The lowest BCUT2D eigenvalue weighted by atomic mass is 10.2. The summed E-state index contributed by atoms with van der Waals surface area (Å²) in [5, 5.41) is 5.27. The standard InChI is InChI=1S/C7H7BrClNO2S/c8-6-2-1-5(7(9)3-6)4-13(10,11)12/h1-3H,4H2,(H2,10,11,12). The van der Waals surface area contributed by atoms with Crippen molar-refractivity contribution >= 4 is 37.6 Å². The predicted octanol–water partition coefficient (Wildman–Crippen LogP) is 1.89. The van der Waals surface area contributed by atoms with Crippen molar-refractivity contribution in [3.8, 4) is 0 Å². The predicted molar refractivity (Wildman–Crippen MR) is 56.0 cm³/mol. The van der Waals surface area contributed by atoms with E-state index in [0.717, 1.165) is 4.47 Å². The van der Waals surface area contributed by atoms with Crippen molar-refractivity contribution in [3.63, 3.8) is 0 Å². The van der Waals surface area contributed by atoms with Crippen molar-refractivity contribution in [1.82, 2.24) is 0 Å². The van der Waals surface area contributed by atoms with Crippen LogP contribution in [-0.4, -0.2) is 8.42 Å². The van der Waals surface area contributed by atoms with Gasteiger partial charge in [0.2, 0.25) is 10.0 Å². The van der Waals surface area contributed by atoms with Crippen molar-refractivity contribution in [3.05, 3.63) is 33.3 Å². The molecule has 0 radical (unpaired) electrons. The van der Waals surface area contributed by atoms with Crippen LogP contribution in [0.25, 0.3) is 0 Å². The minimum atomic E-state index is -3.51. The first-order valence-corrected chi connectivity index (χ1v) is 6.21. The van der Waals surface area contributed by atoms with Gasteiger partial charge in [-0.1, -0.05) is 33.6 Å². The van der Waals surface area contributed by atoms with Gasteiger partial charge in [-0.05, 0) is 17.7 Å². The van der Waals surface area contributed by atoms with Crippen molar-refractivity contribution in [1.29, 1.82) is 0 Å². The van der Waals surface area contributed by atoms with Gasteiger partial charge in [-0.2, -0.15) is 0 Å². The molecule has 0 aliphatic rings. The first-order chi connectivity index (χ1) is 5.88. The van der Waals surface area contributed by atoms with Gasteiger partial charge in [-0.25, -0.2) is 13.6 Å². The fourth-order valence-corrected chi connectivity index (χ4v) is 2.36. The van der Waals surface area contributed by atoms with E-state index in [0.29, 0.717) is 10.6 Å². The van der Waals surface area contributed by atoms with Crippen molar-refractivity contribution in [2.45, 2.75) is 5.75 Å². The van der Waals surface area contributed by atoms with Gasteiger partial charge in [0, 0.05) is 9.50 Å². The number of primary sulfonamides is 1. The van der Waals surface area contributed by atoms with E-state index in [2.05, 4.69) is 15.9 Å². The van der Waals surface area contributed by atoms with Crippen LogP contribution in [0.4, 0.5) is 0 Å². The van der Waals surface area contributed by atoms with E-state index in [1.165, 1.54) is 0 Å². The number of halogens is 2. The van der Waals surface area contributed by atoms with E-state index in [9.17, 15) is 8.42 Å². The van der Waals surface area contributed by atoms with E-state index in [-0.39, 0.29) is 5.75 Å². The molecule has 0 atom stereocenters. The molecule has 1 rings (SSSR count). The van der Waals surface area contributed by atoms with Crippen LogP contribution in [0.1, 0.15) is 5.56 Å². The highest BCUT2D eigenvalue weighted by Gasteiger charge is 2.08. The van der Waals surface area contributed by atoms with Crippen molar-refractivity contribution in [2.75, 3.05) is 0 Å². The molecule has 0 spiro atoms. The third-order valence-corrected chi connectivity index (χ3v) is 2.93. The fourth-order valence-electron chi connectivity index (χ4n) is 0.855. The number of benzene rings is 1. The van der Waals surface area contributed by atoms with E-state index in [4.69, 9.17) is 16.7 Å². The number of nitrogens with two attached hydrogens (primary N) is 1. The second-order valence-electron chi connectivity index (χ2n) is 2.54. The Morgan fingerprint density at radius 2 is 2.08 bits per heavy atom. The quantitative estimate of drug-likeness (QED) is 0.901. The van der Waals surface area contributed by atoms with Gasteiger partial charge in [0.15, 0.2) is 0 Å². The van der Waals surface area contributed by atoms with Gasteiger partial charge < -0.3 is 0 Å². The molecule has 3 nitrogen and oxygen atoms in total. The van der Waals surface area contributed by atoms with Gasteiger partial charge in [-0.3, -0.25) is 0 Å². The number of hydrogen-bond acceptors (Lipinski definition) is 2. The van der Waals surface area contributed by atoms with Crippen LogP contribution in [0.15, 0.2) is 22.7 Å². The normalized spacial score (nSPS) is 11.6. The zero-order valence-corrected chi connectivity index (χ0v) is 9.66. The lowest BCUT2D eigenvalue weighted by molar-refractivity contribution is 0.597. The molecule has 1 aromatic rings. The summed E-state index contributed by atoms with van der Waals surface area (Å²) in [6, 6.07) is 4.96. The smallest absolute Gasteiger partial charge is 0.213 e. The summed E-state index contributed by atoms with van der Waals surface area (Å²) in [7, 11) is -3.51. The molecule has 0 bridgehead atoms. The SMILES string of the molecule is NS(=O)(=O)Cc1ccc(Br)cc1Cl. The van der Waals surface area contributed by atoms with E-state index < -0.39 is 10.0 Å². The van der Waals surface area contributed by atoms with Gasteiger partial charge in [-0.15, -0.1) is 0 Å². The summed E-state index contributed by atoms with van der Waals surface area (Å²) >= 11 is 9.00. The topological polar surface area (TPSA) is 60.2 Å². The first-order valence-electron chi connectivity index (χ1n) is 3.33. The van der Waals surface area contributed by atoms with E-state index >= 15 is 0 Å². The van der Waals surface area contributed by atoms with Gasteiger partial charge >= 0.3 is 0 Å². The first kappa shape index (κ1) is 11.0. The largest absolute Gasteiger partial charge is 0.228 e. The van der Waals surface area contributed by atoms with Crippen LogP contribution in [0, 0.1) is 0 Å². The van der Waals surface area contributed by atoms with Gasteiger partial charge in [0.1, 0.15) is 0 Å². The van der Waals surface area contributed by atoms with Crippen LogP contribution in [0.3, 0.4) is 0 Å². The van der Waals surface area contributed by atoms with Gasteiger partial charge in [0.05, 0.1) is 5.75 Å². The maximum atomic E-state index is 10.7. The maximum absolute atomic E-state index is 10.7. The molecule has 0 heterocycles. The average Bonchev–Trinajstić information content (AvgIpc) is 1.93. The zero-order chi connectivity index (χ0) is 10.1. The second-order valence-corrected chi connectivity index (χ2v) is 5.48. The summed E-state index contributed by atoms with van der Waals surface area (Å²) in [4.78, 5) is 0. The Morgan fingerprint density at radius 1 is 1.46 bits per heavy atom. The Morgan fingerprint density at radius 3 is 2.54 bits per heavy atom. The third-order valence-electron chi connectivity index (χ3n) is 1.37. The molecule has 0 aromatic heterocycles. The zero-order valence-electron chi connectivity index (χ0n) is 6.50. The summed E-state index contributed by atoms with van der Waals surface area (Å²) in [5.74, 6) is -0.237. The molecule has 13 heavy (non-hydrogen) atoms. The summed E-state index contributed by atoms with van der Waals surface area (Å²) in [6.45, 7) is 0. The summed E-state index contributed by atoms with van der Waals surface area (Å²) in [6.07, 6.45) is 0. The lowest BCUT2D eigenvalue weighted by Crippen LogP contribution is -2.14. The van der Waals surface area contributed by atoms with Crippen LogP contribution in [-0.2, 0) is 15.8 Å². The molecule has 6 heteroatoms. The molecule has 1 aromatic carbocycles. The third kappa shape index (κ3) is 3.64. The number of hydrogen-bond donors (Lipinski definition) is 1. The minimum absolute atomic E-state index is 0.237. The molecule has 0 fully saturated rings. The number of rotatable bonds is 2. The fraction of sp³-hybridized carbons (Fsp3) is 0.143. The maximum Gasteiger partial charge on any atom is 0.213 e. The van der Waals surface area contributed by atoms with Gasteiger partial charge in [0.25, 0.3) is 0 Å². The summed E-state index contributed by atoms with van der Waals surface area (Å²) < 4.78 is 22.3. The molecular formula is C7H7BrClNO2S. The molecule has 72 valence electrons. The van der Waals surface area contributed by atoms with Crippen molar-refractivity contribution in [2.24, 2.45) is 5.14 Å². The molecule has 0 aliphatic heterocycles. The Balaban J connectivity index is 3.04. The molecule has 0 aliphatic carbocycles. The van der Waals surface area contributed by atoms with Crippen molar-refractivity contribution < 1.29 is 8.42 Å². The second kappa shape index (κ2) is 3.96. The highest BCUT2D eigenvalue weighted by atomic mass is 79.9. The molecule has 0 saturated heterocycles. The Kier molecular flexibility index (Phi) is 3.34. The van der Waals surface area contributed by atoms with Crippen LogP contribution in [0.2, 0.25) is 5.02 Å². The van der Waals surface area contributed by atoms with E-state index in [1.54, 1.807) is 18.2 Å². The average molecular weight is 285 g/mol. The minimum Gasteiger partial charge on any atom is -0.228 e. The summed E-state index contributed by atoms with van der Waals surface area (Å²) in [5.41, 5.74) is 0.507. The molecule has 0 unspecified atom stereocenters. The van der Waals surface area contributed by atoms with Crippen LogP contribution in [0.5, 0.6) is 0 Å².